The summed E-state index contributed by atoms with van der Waals surface area (Å²) in [6, 6.07) is 0. The van der Waals surface area contributed by atoms with Gasteiger partial charge in [0.2, 0.25) is 18.2 Å². The summed E-state index contributed by atoms with van der Waals surface area (Å²) in [6.07, 6.45) is 22.2. The highest BCUT2D eigenvalue weighted by atomic mass is 16.4. The van der Waals surface area contributed by atoms with Crippen molar-refractivity contribution < 1.29 is 29.1 Å². The molecular weight excluding hydrogens is 630 g/mol. The minimum atomic E-state index is -0.872. The number of hydrogen-bond donors (Lipinski definition) is 4. The molecule has 0 spiro atoms. The minimum absolute atomic E-state index is 0.0251. The number of nitrogens with two attached hydrogens (primary N) is 3. The zero-order chi connectivity index (χ0) is 41.8. The second-order valence-electron chi connectivity index (χ2n) is 10.6. The number of hydrogen-bond acceptors (Lipinski definition) is 5. The predicted octanol–water partition coefficient (Wildman–Crippen LogP) is 10.5. The molecule has 2 unspecified atom stereocenters. The maximum atomic E-state index is 10.8. The van der Waals surface area contributed by atoms with Crippen LogP contribution in [0.15, 0.2) is 48.6 Å². The smallest absolute Gasteiger partial charge is 0.303 e. The first kappa shape index (κ1) is 68.5. The molecule has 0 aromatic carbocycles. The lowest BCUT2D eigenvalue weighted by atomic mass is 9.96. The van der Waals surface area contributed by atoms with E-state index < -0.39 is 5.97 Å². The molecule has 9 heteroatoms. The number of unbranched alkanes of at least 4 members (excludes halogenated alkanes) is 3. The Hall–Kier alpha value is -3.49. The van der Waals surface area contributed by atoms with Crippen LogP contribution >= 0.6 is 0 Å². The average Bonchev–Trinajstić information content (AvgIpc) is 3.10. The molecule has 0 heterocycles. The van der Waals surface area contributed by atoms with Gasteiger partial charge in [0.25, 0.3) is 0 Å². The number of rotatable bonds is 14. The van der Waals surface area contributed by atoms with Crippen LogP contribution in [0.2, 0.25) is 0 Å². The van der Waals surface area contributed by atoms with E-state index in [-0.39, 0.29) is 30.6 Å². The van der Waals surface area contributed by atoms with Crippen molar-refractivity contribution in [2.75, 3.05) is 0 Å². The van der Waals surface area contributed by atoms with Gasteiger partial charge in [-0.1, -0.05) is 150 Å². The predicted molar refractivity (Wildman–Crippen MR) is 221 cm³/mol. The lowest BCUT2D eigenvalue weighted by molar-refractivity contribution is -0.137. The highest BCUT2D eigenvalue weighted by molar-refractivity contribution is 5.77. The average molecular weight is 716 g/mol. The van der Waals surface area contributed by atoms with Crippen molar-refractivity contribution in [1.29, 1.82) is 0 Å². The number of allylic oxidation sites excluding steroid dienone is 7. The van der Waals surface area contributed by atoms with Gasteiger partial charge < -0.3 is 27.1 Å². The lowest BCUT2D eigenvalue weighted by Gasteiger charge is -2.10. The van der Waals surface area contributed by atoms with Crippen LogP contribution in [0.1, 0.15) is 168 Å². The molecule has 3 amide bonds. The molecule has 50 heavy (non-hydrogen) atoms. The van der Waals surface area contributed by atoms with Gasteiger partial charge in [0.15, 0.2) is 0 Å². The number of carbonyl (C=O) groups is 5. The summed E-state index contributed by atoms with van der Waals surface area (Å²) >= 11 is 0. The van der Waals surface area contributed by atoms with Gasteiger partial charge in [-0.05, 0) is 59.3 Å². The van der Waals surface area contributed by atoms with E-state index in [1.165, 1.54) is 38.2 Å². The third-order valence-corrected chi connectivity index (χ3v) is 5.86. The number of carbonyl (C=O) groups excluding carboxylic acids is 4. The Balaban J connectivity index is -0.0000000583. The first-order valence-corrected chi connectivity index (χ1v) is 18.4. The van der Waals surface area contributed by atoms with Gasteiger partial charge in [-0.25, -0.2) is 0 Å². The summed E-state index contributed by atoms with van der Waals surface area (Å²) in [5.74, 6) is -0.612. The Bertz CT molecular complexity index is 760. The van der Waals surface area contributed by atoms with Gasteiger partial charge in [0.1, 0.15) is 6.29 Å². The minimum Gasteiger partial charge on any atom is -0.481 e. The number of carboxylic acids is 1. The third-order valence-electron chi connectivity index (χ3n) is 5.86. The van der Waals surface area contributed by atoms with E-state index in [1.807, 2.05) is 52.8 Å². The topological polar surface area (TPSA) is 184 Å². The highest BCUT2D eigenvalue weighted by Gasteiger charge is 2.15. The van der Waals surface area contributed by atoms with Crippen LogP contribution in [0, 0.1) is 17.8 Å². The first-order chi connectivity index (χ1) is 23.5. The van der Waals surface area contributed by atoms with E-state index in [9.17, 15) is 14.4 Å². The molecule has 0 bridgehead atoms. The molecule has 3 atom stereocenters. The summed E-state index contributed by atoms with van der Waals surface area (Å²) in [7, 11) is 0. The van der Waals surface area contributed by atoms with Crippen LogP contribution in [0.5, 0.6) is 0 Å². The monoisotopic (exact) mass is 716 g/mol. The molecular formula is C41H85N3O6. The molecule has 9 nitrogen and oxygen atoms in total. The van der Waals surface area contributed by atoms with Crippen molar-refractivity contribution in [3.63, 3.8) is 0 Å². The molecule has 0 aromatic heterocycles. The Morgan fingerprint density at radius 3 is 1.32 bits per heavy atom. The van der Waals surface area contributed by atoms with E-state index >= 15 is 0 Å². The number of carboxylic acid groups (broad SMARTS) is 1. The van der Waals surface area contributed by atoms with Gasteiger partial charge in [-0.15, -0.1) is 6.58 Å². The standard InChI is InChI=1S/C11H18.C9H17NO3.C5H10.2C4H10.C3H7NO.C2H4O.C2H6.CH3NO/c1-5-7-8-9-11(4)10(3)6-2;1-2-3-4-7(9(10)13)5-6-8(11)12;1-4-5(2)3;2*1-3-4-2;1-2-3(4)5;1-2-3;1-2;2-1-3/h5-11H,2H2,1,3-4H3;7H,2-6H2,1H3,(H2,10,13)(H,11,12);4H,1-3H3;2*3-4H2,1-2H3;2H2,1H3,(H2,4,5);2H,1H3;1-2H3;1H,(H2,2,3)/b7-5-,9-8-;;;;;;;;/t;7-;;;;;;;/m.0......./s1. The van der Waals surface area contributed by atoms with Gasteiger partial charge >= 0.3 is 5.97 Å². The quantitative estimate of drug-likeness (QED) is 0.0787. The molecule has 300 valence electrons. The largest absolute Gasteiger partial charge is 0.481 e. The molecule has 0 radical (unpaired) electrons. The van der Waals surface area contributed by atoms with Gasteiger partial charge in [0, 0.05) is 18.8 Å². The van der Waals surface area contributed by atoms with Crippen molar-refractivity contribution in [3.05, 3.63) is 48.6 Å². The van der Waals surface area contributed by atoms with Crippen molar-refractivity contribution >= 4 is 30.5 Å². The van der Waals surface area contributed by atoms with Crippen LogP contribution < -0.4 is 17.2 Å². The number of primary amides is 3. The molecule has 0 aliphatic rings. The van der Waals surface area contributed by atoms with Crippen LogP contribution in [0.4, 0.5) is 0 Å². The molecule has 0 saturated heterocycles. The Kier molecular flexibility index (Phi) is 97.9. The van der Waals surface area contributed by atoms with E-state index in [1.54, 1.807) is 6.92 Å². The molecule has 0 aliphatic carbocycles. The molecule has 0 saturated carbocycles. The van der Waals surface area contributed by atoms with Crippen LogP contribution in [-0.4, -0.2) is 35.6 Å². The summed E-state index contributed by atoms with van der Waals surface area (Å²) in [5, 5.41) is 8.42. The lowest BCUT2D eigenvalue weighted by Crippen LogP contribution is -2.23. The zero-order valence-corrected chi connectivity index (χ0v) is 35.3. The highest BCUT2D eigenvalue weighted by Crippen LogP contribution is 2.14. The van der Waals surface area contributed by atoms with E-state index in [4.69, 9.17) is 20.4 Å². The maximum absolute atomic E-state index is 10.8. The second-order valence-corrected chi connectivity index (χ2v) is 10.6. The summed E-state index contributed by atoms with van der Waals surface area (Å²) in [5.41, 5.74) is 15.3. The Labute approximate surface area is 310 Å². The summed E-state index contributed by atoms with van der Waals surface area (Å²) < 4.78 is 0. The molecule has 0 rings (SSSR count). The van der Waals surface area contributed by atoms with Gasteiger partial charge in [-0.3, -0.25) is 19.2 Å². The third kappa shape index (κ3) is 120. The van der Waals surface area contributed by atoms with Crippen molar-refractivity contribution in [2.24, 2.45) is 35.0 Å². The van der Waals surface area contributed by atoms with Crippen molar-refractivity contribution in [2.45, 2.75) is 168 Å². The molecule has 0 aromatic rings. The van der Waals surface area contributed by atoms with E-state index in [2.05, 4.69) is 91.7 Å². The van der Waals surface area contributed by atoms with Crippen LogP contribution in [0.25, 0.3) is 0 Å². The fourth-order valence-corrected chi connectivity index (χ4v) is 1.92. The van der Waals surface area contributed by atoms with E-state index in [0.717, 1.165) is 19.1 Å². The molecule has 7 N–H and O–H groups in total. The second kappa shape index (κ2) is 71.5. The van der Waals surface area contributed by atoms with Crippen LogP contribution in [0.3, 0.4) is 0 Å². The Morgan fingerprint density at radius 2 is 1.12 bits per heavy atom. The van der Waals surface area contributed by atoms with Gasteiger partial charge in [-0.2, -0.15) is 0 Å². The SMILES string of the molecule is C=CC(C)C(C)/C=C\C=C/C.CC.CC=C(C)C.CC=O.CCC(N)=O.CCCC.CCCC.CCCC[C@@H](CCC(=O)O)C(N)=O.NC=O. The first-order valence-electron chi connectivity index (χ1n) is 18.4. The van der Waals surface area contributed by atoms with Crippen molar-refractivity contribution in [1.82, 2.24) is 0 Å². The normalized spacial score (nSPS) is 10.3. The fraction of sp³-hybridized carbons (Fsp3) is 0.683. The number of aliphatic carboxylic acids is 1. The number of aldehydes is 1. The van der Waals surface area contributed by atoms with Gasteiger partial charge in [0.05, 0.1) is 0 Å². The fourth-order valence-electron chi connectivity index (χ4n) is 1.92. The van der Waals surface area contributed by atoms with E-state index in [0.29, 0.717) is 31.1 Å². The number of amides is 3. The molecule has 0 fully saturated rings. The Morgan fingerprint density at radius 1 is 0.760 bits per heavy atom. The molecule has 0 aliphatic heterocycles. The maximum Gasteiger partial charge on any atom is 0.303 e. The zero-order valence-electron chi connectivity index (χ0n) is 35.3. The summed E-state index contributed by atoms with van der Waals surface area (Å²) in [4.78, 5) is 48.1. The summed E-state index contributed by atoms with van der Waals surface area (Å²) in [6.45, 7) is 34.3. The van der Waals surface area contributed by atoms with Crippen molar-refractivity contribution in [3.8, 4) is 0 Å². The van der Waals surface area contributed by atoms with Crippen LogP contribution in [-0.2, 0) is 24.0 Å².